The molecule has 0 aliphatic heterocycles. The maximum atomic E-state index is 10.8. The second-order valence-corrected chi connectivity index (χ2v) is 9.22. The smallest absolute Gasteiger partial charge is 0.303 e. The second-order valence-electron chi connectivity index (χ2n) is 7.25. The maximum Gasteiger partial charge on any atom is 0.303 e. The zero-order chi connectivity index (χ0) is 22.2. The summed E-state index contributed by atoms with van der Waals surface area (Å²) < 4.78 is 3.57. The predicted octanol–water partition coefficient (Wildman–Crippen LogP) is 5.95. The van der Waals surface area contributed by atoms with Gasteiger partial charge in [-0.25, -0.2) is 4.98 Å². The van der Waals surface area contributed by atoms with Crippen molar-refractivity contribution in [3.8, 4) is 0 Å². The van der Waals surface area contributed by atoms with Crippen LogP contribution in [0.15, 0.2) is 53.0 Å². The Kier molecular flexibility index (Phi) is 8.51. The number of fused-ring (bicyclic) bond motifs is 2. The number of nitrogens with zero attached hydrogens (tertiary/aromatic N) is 2. The van der Waals surface area contributed by atoms with Crippen LogP contribution in [-0.2, 0) is 11.3 Å². The summed E-state index contributed by atoms with van der Waals surface area (Å²) in [5.41, 5.74) is 4.70. The molecule has 0 bridgehead atoms. The molecule has 164 valence electrons. The molecular weight excluding hydrogens is 428 g/mol. The molecule has 31 heavy (non-hydrogen) atoms. The number of para-hydroxylation sites is 2. The minimum absolute atomic E-state index is 0.196. The van der Waals surface area contributed by atoms with Crippen LogP contribution in [0.1, 0.15) is 37.3 Å². The number of aliphatic carboxylic acids is 1. The zero-order valence-corrected chi connectivity index (χ0v) is 19.5. The standard InChI is InChI=1S/C21H20N2O2S2.C3H8O/c1-14-6-4-9-18-20(14)15(13-27-18)12-23-17-8-3-2-7-16(17)22-21(23)26-11-5-10-19(24)25;1-2-3-4/h2-4,6-9,13H,5,10-12H2,1H3,(H,24,25);4H,2-3H2,1H3. The Morgan fingerprint density at radius 2 is 1.97 bits per heavy atom. The van der Waals surface area contributed by atoms with Gasteiger partial charge in [0.1, 0.15) is 0 Å². The number of aliphatic hydroxyl groups is 1. The molecule has 4 aromatic rings. The Morgan fingerprint density at radius 1 is 1.19 bits per heavy atom. The number of hydrogen-bond acceptors (Lipinski definition) is 5. The van der Waals surface area contributed by atoms with Crippen molar-refractivity contribution in [1.29, 1.82) is 0 Å². The minimum atomic E-state index is -0.746. The molecule has 0 spiro atoms. The molecule has 4 rings (SSSR count). The van der Waals surface area contributed by atoms with Crippen molar-refractivity contribution in [2.75, 3.05) is 12.4 Å². The van der Waals surface area contributed by atoms with Crippen molar-refractivity contribution in [2.24, 2.45) is 0 Å². The average molecular weight is 457 g/mol. The van der Waals surface area contributed by atoms with E-state index in [4.69, 9.17) is 15.2 Å². The molecule has 2 heterocycles. The van der Waals surface area contributed by atoms with E-state index in [2.05, 4.69) is 41.1 Å². The number of aromatic nitrogens is 2. The van der Waals surface area contributed by atoms with Gasteiger partial charge < -0.3 is 14.8 Å². The van der Waals surface area contributed by atoms with Gasteiger partial charge in [0.25, 0.3) is 0 Å². The first-order valence-corrected chi connectivity index (χ1v) is 12.3. The van der Waals surface area contributed by atoms with Crippen LogP contribution in [0.4, 0.5) is 0 Å². The van der Waals surface area contributed by atoms with Gasteiger partial charge in [-0.05, 0) is 54.5 Å². The van der Waals surface area contributed by atoms with Crippen molar-refractivity contribution in [3.63, 3.8) is 0 Å². The molecule has 2 N–H and O–H groups in total. The van der Waals surface area contributed by atoms with E-state index in [1.54, 1.807) is 23.1 Å². The van der Waals surface area contributed by atoms with Gasteiger partial charge in [0.05, 0.1) is 17.6 Å². The van der Waals surface area contributed by atoms with E-state index in [-0.39, 0.29) is 6.42 Å². The fourth-order valence-electron chi connectivity index (χ4n) is 3.33. The highest BCUT2D eigenvalue weighted by Crippen LogP contribution is 2.32. The van der Waals surface area contributed by atoms with Gasteiger partial charge in [-0.1, -0.05) is 43.0 Å². The molecular formula is C24H28N2O3S2. The van der Waals surface area contributed by atoms with Crippen molar-refractivity contribution >= 4 is 50.2 Å². The number of thiophene rings is 1. The topological polar surface area (TPSA) is 75.4 Å². The van der Waals surface area contributed by atoms with Crippen LogP contribution in [0.5, 0.6) is 0 Å². The third kappa shape index (κ3) is 5.87. The SMILES string of the molecule is CCCO.Cc1cccc2scc(Cn3c(SCCCC(=O)O)nc4ccccc43)c12. The van der Waals surface area contributed by atoms with Crippen LogP contribution in [0.3, 0.4) is 0 Å². The van der Waals surface area contributed by atoms with Crippen molar-refractivity contribution in [1.82, 2.24) is 9.55 Å². The molecule has 2 aromatic heterocycles. The van der Waals surface area contributed by atoms with Crippen molar-refractivity contribution in [2.45, 2.75) is 44.8 Å². The van der Waals surface area contributed by atoms with E-state index in [0.29, 0.717) is 13.0 Å². The molecule has 0 amide bonds. The Hall–Kier alpha value is -2.35. The Morgan fingerprint density at radius 3 is 2.71 bits per heavy atom. The first kappa shape index (κ1) is 23.3. The summed E-state index contributed by atoms with van der Waals surface area (Å²) in [5, 5.41) is 21.3. The highest BCUT2D eigenvalue weighted by molar-refractivity contribution is 7.99. The molecule has 0 aliphatic rings. The minimum Gasteiger partial charge on any atom is -0.481 e. The summed E-state index contributed by atoms with van der Waals surface area (Å²) in [6, 6.07) is 14.6. The van der Waals surface area contributed by atoms with E-state index < -0.39 is 5.97 Å². The molecule has 5 nitrogen and oxygen atoms in total. The first-order valence-electron chi connectivity index (χ1n) is 10.4. The van der Waals surface area contributed by atoms with Gasteiger partial charge in [0.15, 0.2) is 5.16 Å². The Labute approximate surface area is 190 Å². The number of thioether (sulfide) groups is 1. The summed E-state index contributed by atoms with van der Waals surface area (Å²) in [6.07, 6.45) is 1.71. The monoisotopic (exact) mass is 456 g/mol. The summed E-state index contributed by atoms with van der Waals surface area (Å²) >= 11 is 3.42. The number of aryl methyl sites for hydroxylation is 1. The maximum absolute atomic E-state index is 10.8. The van der Waals surface area contributed by atoms with Crippen molar-refractivity contribution in [3.05, 3.63) is 59.0 Å². The normalized spacial score (nSPS) is 10.9. The van der Waals surface area contributed by atoms with E-state index in [1.165, 1.54) is 21.2 Å². The molecule has 0 unspecified atom stereocenters. The van der Waals surface area contributed by atoms with Gasteiger partial charge >= 0.3 is 5.97 Å². The number of hydrogen-bond donors (Lipinski definition) is 2. The molecule has 0 saturated heterocycles. The van der Waals surface area contributed by atoms with Crippen LogP contribution >= 0.6 is 23.1 Å². The molecule has 0 aliphatic carbocycles. The molecule has 7 heteroatoms. The summed E-state index contributed by atoms with van der Waals surface area (Å²) in [7, 11) is 0. The largest absolute Gasteiger partial charge is 0.481 e. The van der Waals surface area contributed by atoms with Gasteiger partial charge in [0, 0.05) is 28.9 Å². The first-order chi connectivity index (χ1) is 15.0. The fourth-order valence-corrected chi connectivity index (χ4v) is 5.32. The summed E-state index contributed by atoms with van der Waals surface area (Å²) in [4.78, 5) is 15.6. The van der Waals surface area contributed by atoms with Gasteiger partial charge in [-0.15, -0.1) is 11.3 Å². The third-order valence-electron chi connectivity index (χ3n) is 4.82. The average Bonchev–Trinajstić information content (AvgIpc) is 3.34. The van der Waals surface area contributed by atoms with Gasteiger partial charge in [-0.2, -0.15) is 0 Å². The third-order valence-corrected chi connectivity index (χ3v) is 6.88. The number of carboxylic acid groups (broad SMARTS) is 1. The van der Waals surface area contributed by atoms with E-state index in [9.17, 15) is 4.79 Å². The van der Waals surface area contributed by atoms with E-state index in [0.717, 1.165) is 34.9 Å². The second kappa shape index (κ2) is 11.3. The lowest BCUT2D eigenvalue weighted by Gasteiger charge is -2.09. The lowest BCUT2D eigenvalue weighted by Crippen LogP contribution is -2.02. The number of carboxylic acids is 1. The zero-order valence-electron chi connectivity index (χ0n) is 17.9. The highest BCUT2D eigenvalue weighted by atomic mass is 32.2. The van der Waals surface area contributed by atoms with Crippen LogP contribution in [0.25, 0.3) is 21.1 Å². The van der Waals surface area contributed by atoms with E-state index >= 15 is 0 Å². The fraction of sp³-hybridized carbons (Fsp3) is 0.333. The number of rotatable bonds is 8. The molecule has 2 aromatic carbocycles. The van der Waals surface area contributed by atoms with Crippen LogP contribution < -0.4 is 0 Å². The van der Waals surface area contributed by atoms with Crippen LogP contribution in [-0.4, -0.2) is 38.1 Å². The van der Waals surface area contributed by atoms with Crippen LogP contribution in [0.2, 0.25) is 0 Å². The number of benzene rings is 2. The number of carbonyl (C=O) groups is 1. The van der Waals surface area contributed by atoms with Crippen molar-refractivity contribution < 1.29 is 15.0 Å². The highest BCUT2D eigenvalue weighted by Gasteiger charge is 2.14. The summed E-state index contributed by atoms with van der Waals surface area (Å²) in [6.45, 7) is 5.18. The van der Waals surface area contributed by atoms with E-state index in [1.807, 2.05) is 25.1 Å². The molecule has 0 atom stereocenters. The predicted molar refractivity (Wildman–Crippen MR) is 130 cm³/mol. The Bertz CT molecular complexity index is 1150. The molecule has 0 saturated carbocycles. The number of aliphatic hydroxyl groups excluding tert-OH is 1. The molecule has 0 radical (unpaired) electrons. The van der Waals surface area contributed by atoms with Gasteiger partial charge in [-0.3, -0.25) is 4.79 Å². The number of imidazole rings is 1. The quantitative estimate of drug-likeness (QED) is 0.253. The van der Waals surface area contributed by atoms with Crippen LogP contribution in [0, 0.1) is 6.92 Å². The lowest BCUT2D eigenvalue weighted by atomic mass is 10.1. The van der Waals surface area contributed by atoms with Gasteiger partial charge in [0.2, 0.25) is 0 Å². The molecule has 0 fully saturated rings. The lowest BCUT2D eigenvalue weighted by molar-refractivity contribution is -0.137. The summed E-state index contributed by atoms with van der Waals surface area (Å²) in [5.74, 6) is 0.00304. The Balaban J connectivity index is 0.000000628.